The van der Waals surface area contributed by atoms with E-state index in [0.717, 1.165) is 0 Å². The van der Waals surface area contributed by atoms with Gasteiger partial charge in [-0.1, -0.05) is 17.7 Å². The van der Waals surface area contributed by atoms with E-state index in [0.29, 0.717) is 48.1 Å². The van der Waals surface area contributed by atoms with Crippen molar-refractivity contribution >= 4 is 29.3 Å². The van der Waals surface area contributed by atoms with Crippen LogP contribution in [0.3, 0.4) is 0 Å². The topological polar surface area (TPSA) is 84.9 Å². The molecule has 5 rings (SSSR count). The molecule has 9 heteroatoms. The van der Waals surface area contributed by atoms with Gasteiger partial charge in [0.25, 0.3) is 5.91 Å². The molecule has 162 valence electrons. The molecule has 0 saturated carbocycles. The summed E-state index contributed by atoms with van der Waals surface area (Å²) in [4.78, 5) is 37.0. The Labute approximate surface area is 189 Å². The Morgan fingerprint density at radius 2 is 1.84 bits per heavy atom. The molecule has 2 amide bonds. The van der Waals surface area contributed by atoms with Gasteiger partial charge in [0.1, 0.15) is 5.75 Å². The van der Waals surface area contributed by atoms with E-state index >= 15 is 0 Å². The standard InChI is InChI=1S/C23H19ClN4O4/c24-17-5-7-18(8-6-17)28-15-23(32-22(28)30)9-12-27(14-23)20(29)16-3-1-4-19(13-16)31-21-25-10-2-11-26-21/h1-8,10-11,13H,9,12,14-15H2/t23-/m1/s1. The first-order valence-corrected chi connectivity index (χ1v) is 10.5. The average Bonchev–Trinajstić information content (AvgIpc) is 3.37. The quantitative estimate of drug-likeness (QED) is 0.593. The van der Waals surface area contributed by atoms with Crippen molar-refractivity contribution in [3.05, 3.63) is 77.6 Å². The maximum Gasteiger partial charge on any atom is 0.415 e. The Hall–Kier alpha value is -3.65. The minimum absolute atomic E-state index is 0.151. The van der Waals surface area contributed by atoms with Gasteiger partial charge in [0.05, 0.1) is 13.1 Å². The first-order chi connectivity index (χ1) is 15.5. The van der Waals surface area contributed by atoms with Crippen molar-refractivity contribution in [3.8, 4) is 11.8 Å². The molecular formula is C23H19ClN4O4. The van der Waals surface area contributed by atoms with Gasteiger partial charge in [-0.3, -0.25) is 9.69 Å². The molecule has 2 aromatic carbocycles. The normalized spacial score (nSPS) is 20.0. The third-order valence-electron chi connectivity index (χ3n) is 5.54. The van der Waals surface area contributed by atoms with Crippen molar-refractivity contribution in [1.82, 2.24) is 14.9 Å². The van der Waals surface area contributed by atoms with Crippen LogP contribution in [0, 0.1) is 0 Å². The summed E-state index contributed by atoms with van der Waals surface area (Å²) >= 11 is 5.95. The minimum atomic E-state index is -0.724. The summed E-state index contributed by atoms with van der Waals surface area (Å²) in [5.74, 6) is 0.319. The van der Waals surface area contributed by atoms with E-state index in [2.05, 4.69) is 9.97 Å². The van der Waals surface area contributed by atoms with Crippen molar-refractivity contribution in [2.75, 3.05) is 24.5 Å². The van der Waals surface area contributed by atoms with E-state index in [9.17, 15) is 9.59 Å². The summed E-state index contributed by atoms with van der Waals surface area (Å²) in [6.07, 6.45) is 3.32. The Morgan fingerprint density at radius 3 is 2.62 bits per heavy atom. The molecule has 3 aromatic rings. The molecule has 8 nitrogen and oxygen atoms in total. The van der Waals surface area contributed by atoms with Gasteiger partial charge in [0, 0.05) is 41.6 Å². The number of hydrogen-bond acceptors (Lipinski definition) is 6. The number of nitrogens with zero attached hydrogens (tertiary/aromatic N) is 4. The zero-order valence-corrected chi connectivity index (χ0v) is 17.7. The highest BCUT2D eigenvalue weighted by atomic mass is 35.5. The van der Waals surface area contributed by atoms with Gasteiger partial charge in [-0.05, 0) is 48.5 Å². The second-order valence-corrected chi connectivity index (χ2v) is 8.19. The molecule has 0 radical (unpaired) electrons. The summed E-state index contributed by atoms with van der Waals surface area (Å²) in [6, 6.07) is 15.8. The number of halogens is 1. The van der Waals surface area contributed by atoms with E-state index in [1.54, 1.807) is 76.8 Å². The molecule has 3 heterocycles. The average molecular weight is 451 g/mol. The molecule has 0 N–H and O–H groups in total. The van der Waals surface area contributed by atoms with Gasteiger partial charge < -0.3 is 14.4 Å². The number of anilines is 1. The molecule has 1 spiro atoms. The van der Waals surface area contributed by atoms with Gasteiger partial charge in [0.2, 0.25) is 0 Å². The molecule has 1 aromatic heterocycles. The van der Waals surface area contributed by atoms with Gasteiger partial charge in [0.15, 0.2) is 5.60 Å². The highest BCUT2D eigenvalue weighted by Crippen LogP contribution is 2.36. The smallest absolute Gasteiger partial charge is 0.415 e. The second kappa shape index (κ2) is 8.12. The molecule has 2 fully saturated rings. The number of hydrogen-bond donors (Lipinski definition) is 0. The van der Waals surface area contributed by atoms with Crippen LogP contribution in [0.15, 0.2) is 67.0 Å². The number of carbonyl (C=O) groups excluding carboxylic acids is 2. The second-order valence-electron chi connectivity index (χ2n) is 7.75. The van der Waals surface area contributed by atoms with Crippen molar-refractivity contribution in [1.29, 1.82) is 0 Å². The van der Waals surface area contributed by atoms with Crippen LogP contribution in [-0.2, 0) is 4.74 Å². The van der Waals surface area contributed by atoms with E-state index < -0.39 is 11.7 Å². The van der Waals surface area contributed by atoms with Crippen molar-refractivity contribution in [2.24, 2.45) is 0 Å². The fourth-order valence-electron chi connectivity index (χ4n) is 3.99. The van der Waals surface area contributed by atoms with Gasteiger partial charge in [-0.15, -0.1) is 0 Å². The third kappa shape index (κ3) is 3.97. The molecule has 32 heavy (non-hydrogen) atoms. The van der Waals surface area contributed by atoms with Crippen LogP contribution < -0.4 is 9.64 Å². The third-order valence-corrected chi connectivity index (χ3v) is 5.80. The highest BCUT2D eigenvalue weighted by molar-refractivity contribution is 6.30. The Balaban J connectivity index is 1.28. The lowest BCUT2D eigenvalue weighted by molar-refractivity contribution is 0.0553. The molecule has 2 aliphatic rings. The Kier molecular flexibility index (Phi) is 5.14. The number of benzene rings is 2. The predicted octanol–water partition coefficient (Wildman–Crippen LogP) is 4.16. The molecule has 2 aliphatic heterocycles. The minimum Gasteiger partial charge on any atom is -0.439 e. The van der Waals surface area contributed by atoms with Crippen molar-refractivity contribution in [2.45, 2.75) is 12.0 Å². The van der Waals surface area contributed by atoms with Gasteiger partial charge >= 0.3 is 12.1 Å². The first-order valence-electron chi connectivity index (χ1n) is 10.1. The number of ether oxygens (including phenoxy) is 2. The van der Waals surface area contributed by atoms with E-state index in [4.69, 9.17) is 21.1 Å². The highest BCUT2D eigenvalue weighted by Gasteiger charge is 2.51. The fourth-order valence-corrected chi connectivity index (χ4v) is 4.12. The summed E-state index contributed by atoms with van der Waals surface area (Å²) in [6.45, 7) is 1.20. The van der Waals surface area contributed by atoms with Crippen LogP contribution in [0.2, 0.25) is 5.02 Å². The zero-order valence-electron chi connectivity index (χ0n) is 17.0. The first kappa shape index (κ1) is 20.3. The fraction of sp³-hybridized carbons (Fsp3) is 0.217. The SMILES string of the molecule is O=C(c1cccc(Oc2ncccn2)c1)N1CC[C@@]2(C1)CN(c1ccc(Cl)cc1)C(=O)O2. The maximum atomic E-state index is 13.1. The predicted molar refractivity (Wildman–Crippen MR) is 117 cm³/mol. The number of aromatic nitrogens is 2. The van der Waals surface area contributed by atoms with Crippen LogP contribution >= 0.6 is 11.6 Å². The van der Waals surface area contributed by atoms with Crippen molar-refractivity contribution < 1.29 is 19.1 Å². The van der Waals surface area contributed by atoms with Gasteiger partial charge in [-0.25, -0.2) is 14.8 Å². The van der Waals surface area contributed by atoms with Gasteiger partial charge in [-0.2, -0.15) is 0 Å². The zero-order chi connectivity index (χ0) is 22.1. The Morgan fingerprint density at radius 1 is 1.06 bits per heavy atom. The van der Waals surface area contributed by atoms with Crippen LogP contribution in [0.1, 0.15) is 16.8 Å². The number of carbonyl (C=O) groups is 2. The van der Waals surface area contributed by atoms with E-state index in [1.807, 2.05) is 0 Å². The van der Waals surface area contributed by atoms with Crippen molar-refractivity contribution in [3.63, 3.8) is 0 Å². The number of amides is 2. The summed E-state index contributed by atoms with van der Waals surface area (Å²) < 4.78 is 11.4. The molecule has 0 unspecified atom stereocenters. The maximum absolute atomic E-state index is 13.1. The summed E-state index contributed by atoms with van der Waals surface area (Å²) in [7, 11) is 0. The molecular weight excluding hydrogens is 432 g/mol. The lowest BCUT2D eigenvalue weighted by Gasteiger charge is -2.22. The van der Waals surface area contributed by atoms with E-state index in [1.165, 1.54) is 0 Å². The lowest BCUT2D eigenvalue weighted by atomic mass is 10.0. The summed E-state index contributed by atoms with van der Waals surface area (Å²) in [5.41, 5.74) is 0.474. The molecule has 0 bridgehead atoms. The van der Waals surface area contributed by atoms with Crippen LogP contribution in [0.5, 0.6) is 11.8 Å². The molecule has 1 atom stereocenters. The molecule has 0 aliphatic carbocycles. The van der Waals surface area contributed by atoms with E-state index in [-0.39, 0.29) is 11.9 Å². The Bertz CT molecular complexity index is 1160. The monoisotopic (exact) mass is 450 g/mol. The lowest BCUT2D eigenvalue weighted by Crippen LogP contribution is -2.39. The van der Waals surface area contributed by atoms with Crippen LogP contribution in [0.25, 0.3) is 0 Å². The molecule has 2 saturated heterocycles. The summed E-state index contributed by atoms with van der Waals surface area (Å²) in [5, 5.41) is 0.596. The van der Waals surface area contributed by atoms with Crippen LogP contribution in [-0.4, -0.2) is 52.1 Å². The largest absolute Gasteiger partial charge is 0.439 e. The van der Waals surface area contributed by atoms with Crippen LogP contribution in [0.4, 0.5) is 10.5 Å². The number of rotatable bonds is 4. The number of likely N-dealkylation sites (tertiary alicyclic amines) is 1.